The number of hydrogen-bond acceptors (Lipinski definition) is 8. The van der Waals surface area contributed by atoms with Gasteiger partial charge in [0, 0.05) is 29.9 Å². The van der Waals surface area contributed by atoms with Crippen LogP contribution in [0.5, 0.6) is 5.75 Å². The van der Waals surface area contributed by atoms with Gasteiger partial charge in [0.2, 0.25) is 5.82 Å². The lowest BCUT2D eigenvalue weighted by atomic mass is 10.1. The highest BCUT2D eigenvalue weighted by molar-refractivity contribution is 5.81. The number of rotatable bonds is 4. The fourth-order valence-electron chi connectivity index (χ4n) is 2.62. The Balaban J connectivity index is 1.85. The summed E-state index contributed by atoms with van der Waals surface area (Å²) < 4.78 is 16.4. The van der Waals surface area contributed by atoms with Crippen molar-refractivity contribution in [2.45, 2.75) is 6.54 Å². The Hall–Kier alpha value is -3.75. The first-order valence-electron chi connectivity index (χ1n) is 7.60. The first-order valence-corrected chi connectivity index (χ1v) is 7.60. The van der Waals surface area contributed by atoms with Gasteiger partial charge in [0.1, 0.15) is 11.3 Å². The van der Waals surface area contributed by atoms with Crippen molar-refractivity contribution >= 4 is 11.0 Å². The van der Waals surface area contributed by atoms with Crippen molar-refractivity contribution < 1.29 is 13.7 Å². The van der Waals surface area contributed by atoms with Gasteiger partial charge in [-0.05, 0) is 23.8 Å². The molecule has 4 aromatic rings. The van der Waals surface area contributed by atoms with Crippen molar-refractivity contribution in [2.24, 2.45) is 0 Å². The number of nitrogens with zero attached hydrogens (tertiary/aromatic N) is 4. The van der Waals surface area contributed by atoms with Gasteiger partial charge >= 0.3 is 11.4 Å². The van der Waals surface area contributed by atoms with E-state index in [2.05, 4.69) is 15.1 Å². The minimum atomic E-state index is -0.678. The van der Waals surface area contributed by atoms with Gasteiger partial charge in [0.05, 0.1) is 13.7 Å². The molecule has 9 heteroatoms. The van der Waals surface area contributed by atoms with Crippen LogP contribution < -0.4 is 16.1 Å². The van der Waals surface area contributed by atoms with E-state index in [4.69, 9.17) is 13.7 Å². The Morgan fingerprint density at radius 3 is 2.73 bits per heavy atom. The molecule has 4 rings (SSSR count). The Labute approximate surface area is 145 Å². The highest BCUT2D eigenvalue weighted by Gasteiger charge is 2.17. The summed E-state index contributed by atoms with van der Waals surface area (Å²) in [7, 11) is 1.52. The fraction of sp³-hybridized carbons (Fsp3) is 0.118. The van der Waals surface area contributed by atoms with E-state index in [1.165, 1.54) is 30.1 Å². The molecule has 0 N–H and O–H groups in total. The van der Waals surface area contributed by atoms with Crippen LogP contribution in [0.2, 0.25) is 0 Å². The molecule has 1 aromatic carbocycles. The van der Waals surface area contributed by atoms with Crippen LogP contribution in [0.1, 0.15) is 5.56 Å². The van der Waals surface area contributed by atoms with Crippen LogP contribution in [0.25, 0.3) is 22.6 Å². The predicted molar refractivity (Wildman–Crippen MR) is 89.9 cm³/mol. The van der Waals surface area contributed by atoms with Gasteiger partial charge in [-0.1, -0.05) is 5.16 Å². The van der Waals surface area contributed by atoms with Crippen molar-refractivity contribution in [1.82, 2.24) is 19.7 Å². The lowest BCUT2D eigenvalue weighted by molar-refractivity contribution is 0.378. The van der Waals surface area contributed by atoms with E-state index in [0.29, 0.717) is 22.3 Å². The van der Waals surface area contributed by atoms with Crippen LogP contribution in [0.15, 0.2) is 61.3 Å². The summed E-state index contributed by atoms with van der Waals surface area (Å²) >= 11 is 0. The summed E-state index contributed by atoms with van der Waals surface area (Å²) in [6, 6.07) is 8.07. The first-order chi connectivity index (χ1) is 12.7. The molecule has 130 valence electrons. The molecule has 0 aliphatic carbocycles. The van der Waals surface area contributed by atoms with E-state index in [1.54, 1.807) is 24.3 Å². The van der Waals surface area contributed by atoms with E-state index in [-0.39, 0.29) is 18.2 Å². The quantitative estimate of drug-likeness (QED) is 0.507. The third-order valence-corrected chi connectivity index (χ3v) is 3.82. The zero-order chi connectivity index (χ0) is 18.1. The van der Waals surface area contributed by atoms with Crippen LogP contribution >= 0.6 is 0 Å². The van der Waals surface area contributed by atoms with Crippen LogP contribution in [0, 0.1) is 0 Å². The summed E-state index contributed by atoms with van der Waals surface area (Å²) in [5.74, 6) is 0.290. The van der Waals surface area contributed by atoms with Crippen LogP contribution in [0.4, 0.5) is 0 Å². The van der Waals surface area contributed by atoms with Gasteiger partial charge in [0.15, 0.2) is 5.82 Å². The summed E-state index contributed by atoms with van der Waals surface area (Å²) in [6.45, 7) is 0.0460. The standard InChI is InChI=1S/C17H12N4O5/c1-24-11-3-4-12-10(7-14(22)25-13(12)8-11)9-21-16(20-26-17(21)23)15-18-5-2-6-19-15/h2-8H,9H2,1H3. The summed E-state index contributed by atoms with van der Waals surface area (Å²) in [5, 5.41) is 4.41. The molecule has 0 atom stereocenters. The normalized spacial score (nSPS) is 11.0. The average molecular weight is 352 g/mol. The molecule has 3 heterocycles. The second kappa shape index (κ2) is 6.28. The van der Waals surface area contributed by atoms with Gasteiger partial charge in [-0.15, -0.1) is 0 Å². The lowest BCUT2D eigenvalue weighted by Crippen LogP contribution is -2.18. The van der Waals surface area contributed by atoms with E-state index >= 15 is 0 Å². The summed E-state index contributed by atoms with van der Waals surface area (Å²) in [5.41, 5.74) is 0.387. The molecule has 9 nitrogen and oxygen atoms in total. The molecule has 0 spiro atoms. The molecule has 0 saturated carbocycles. The third-order valence-electron chi connectivity index (χ3n) is 3.82. The molecule has 0 aliphatic heterocycles. The molecule has 26 heavy (non-hydrogen) atoms. The Kier molecular flexibility index (Phi) is 3.81. The van der Waals surface area contributed by atoms with E-state index < -0.39 is 11.4 Å². The summed E-state index contributed by atoms with van der Waals surface area (Å²) in [4.78, 5) is 32.2. The number of ether oxygens (including phenoxy) is 1. The largest absolute Gasteiger partial charge is 0.497 e. The zero-order valence-corrected chi connectivity index (χ0v) is 13.6. The molecule has 0 bridgehead atoms. The third kappa shape index (κ3) is 2.75. The van der Waals surface area contributed by atoms with Gasteiger partial charge < -0.3 is 9.15 Å². The molecular weight excluding hydrogens is 340 g/mol. The first kappa shape index (κ1) is 15.8. The fourth-order valence-corrected chi connectivity index (χ4v) is 2.62. The SMILES string of the molecule is COc1ccc2c(Cn3c(-c4ncccn4)noc3=O)cc(=O)oc2c1. The minimum absolute atomic E-state index is 0.0460. The molecule has 0 amide bonds. The van der Waals surface area contributed by atoms with E-state index in [0.717, 1.165) is 0 Å². The zero-order valence-electron chi connectivity index (χ0n) is 13.6. The van der Waals surface area contributed by atoms with Crippen molar-refractivity contribution in [3.8, 4) is 17.4 Å². The molecule has 0 aliphatic rings. The predicted octanol–water partition coefficient (Wildman–Crippen LogP) is 1.46. The number of fused-ring (bicyclic) bond motifs is 1. The highest BCUT2D eigenvalue weighted by atomic mass is 16.5. The van der Waals surface area contributed by atoms with Gasteiger partial charge in [-0.25, -0.2) is 24.1 Å². The van der Waals surface area contributed by atoms with Crippen molar-refractivity contribution in [3.05, 3.63) is 69.3 Å². The Morgan fingerprint density at radius 2 is 1.96 bits per heavy atom. The molecule has 0 unspecified atom stereocenters. The average Bonchev–Trinajstić information content (AvgIpc) is 3.02. The van der Waals surface area contributed by atoms with Crippen LogP contribution in [-0.2, 0) is 6.54 Å². The second-order valence-electron chi connectivity index (χ2n) is 5.38. The molecular formula is C17H12N4O5. The maximum atomic E-state index is 12.1. The van der Waals surface area contributed by atoms with Crippen molar-refractivity contribution in [3.63, 3.8) is 0 Å². The number of aromatic nitrogens is 4. The Bertz CT molecular complexity index is 1190. The molecule has 0 radical (unpaired) electrons. The smallest absolute Gasteiger partial charge is 0.442 e. The minimum Gasteiger partial charge on any atom is -0.497 e. The molecule has 0 fully saturated rings. The van der Waals surface area contributed by atoms with Crippen LogP contribution in [0.3, 0.4) is 0 Å². The maximum Gasteiger partial charge on any atom is 0.442 e. The van der Waals surface area contributed by atoms with Crippen LogP contribution in [-0.4, -0.2) is 26.8 Å². The van der Waals surface area contributed by atoms with Crippen molar-refractivity contribution in [2.75, 3.05) is 7.11 Å². The highest BCUT2D eigenvalue weighted by Crippen LogP contribution is 2.23. The second-order valence-corrected chi connectivity index (χ2v) is 5.38. The monoisotopic (exact) mass is 352 g/mol. The van der Waals surface area contributed by atoms with E-state index in [1.807, 2.05) is 0 Å². The molecule has 3 aromatic heterocycles. The summed E-state index contributed by atoms with van der Waals surface area (Å²) in [6.07, 6.45) is 3.06. The topological polar surface area (TPSA) is 113 Å². The lowest BCUT2D eigenvalue weighted by Gasteiger charge is -2.08. The number of methoxy groups -OCH3 is 1. The number of benzene rings is 1. The number of hydrogen-bond donors (Lipinski definition) is 0. The van der Waals surface area contributed by atoms with Gasteiger partial charge in [0.25, 0.3) is 0 Å². The van der Waals surface area contributed by atoms with Gasteiger partial charge in [-0.2, -0.15) is 0 Å². The molecule has 0 saturated heterocycles. The van der Waals surface area contributed by atoms with Crippen molar-refractivity contribution in [1.29, 1.82) is 0 Å². The Morgan fingerprint density at radius 1 is 1.15 bits per heavy atom. The van der Waals surface area contributed by atoms with E-state index in [9.17, 15) is 9.59 Å². The maximum absolute atomic E-state index is 12.1. The van der Waals surface area contributed by atoms with Gasteiger partial charge in [-0.3, -0.25) is 4.52 Å².